The first-order valence-electron chi connectivity index (χ1n) is 5.92. The molecule has 0 aromatic heterocycles. The molecule has 2 unspecified atom stereocenters. The van der Waals surface area contributed by atoms with Crippen molar-refractivity contribution in [1.82, 2.24) is 4.90 Å². The van der Waals surface area contributed by atoms with Crippen LogP contribution in [0, 0.1) is 0 Å². The summed E-state index contributed by atoms with van der Waals surface area (Å²) in [5.74, 6) is -0.865. The van der Waals surface area contributed by atoms with Gasteiger partial charge >= 0.3 is 5.97 Å². The molecule has 102 valence electrons. The van der Waals surface area contributed by atoms with Crippen LogP contribution < -0.4 is 0 Å². The molecule has 17 heavy (non-hydrogen) atoms. The Morgan fingerprint density at radius 3 is 2.35 bits per heavy atom. The van der Waals surface area contributed by atoms with Gasteiger partial charge in [-0.3, -0.25) is 9.69 Å². The number of hydrogen-bond acceptors (Lipinski definition) is 4. The second-order valence-corrected chi connectivity index (χ2v) is 4.46. The molecule has 2 atom stereocenters. The van der Waals surface area contributed by atoms with Crippen LogP contribution in [0.2, 0.25) is 0 Å². The molecule has 0 aliphatic heterocycles. The largest absolute Gasteiger partial charge is 0.480 e. The Balaban J connectivity index is 4.99. The van der Waals surface area contributed by atoms with Gasteiger partial charge in [-0.05, 0) is 20.3 Å². The maximum absolute atomic E-state index is 11.5. The number of nitrogens with zero attached hydrogens (tertiary/aromatic N) is 1. The van der Waals surface area contributed by atoms with Crippen LogP contribution in [0.4, 0.5) is 0 Å². The van der Waals surface area contributed by atoms with Crippen LogP contribution in [0.25, 0.3) is 0 Å². The van der Waals surface area contributed by atoms with Crippen molar-refractivity contribution in [3.8, 4) is 0 Å². The Bertz CT molecular complexity index is 235. The fourth-order valence-electron chi connectivity index (χ4n) is 1.91. The van der Waals surface area contributed by atoms with E-state index in [0.29, 0.717) is 13.2 Å². The second kappa shape index (κ2) is 7.63. The summed E-state index contributed by atoms with van der Waals surface area (Å²) in [6, 6.07) is 0.168. The van der Waals surface area contributed by atoms with Gasteiger partial charge in [0.2, 0.25) is 0 Å². The first kappa shape index (κ1) is 16.4. The van der Waals surface area contributed by atoms with E-state index >= 15 is 0 Å². The Morgan fingerprint density at radius 2 is 2.00 bits per heavy atom. The molecule has 0 aliphatic carbocycles. The lowest BCUT2D eigenvalue weighted by Crippen LogP contribution is -2.59. The van der Waals surface area contributed by atoms with Crippen molar-refractivity contribution >= 4 is 5.97 Å². The highest BCUT2D eigenvalue weighted by atomic mass is 16.5. The van der Waals surface area contributed by atoms with E-state index in [9.17, 15) is 9.90 Å². The van der Waals surface area contributed by atoms with Crippen LogP contribution in [0.15, 0.2) is 0 Å². The minimum atomic E-state index is -1.01. The summed E-state index contributed by atoms with van der Waals surface area (Å²) in [7, 11) is 3.13. The molecule has 0 rings (SSSR count). The Labute approximate surface area is 104 Å². The number of hydrogen-bond donors (Lipinski definition) is 1. The molecule has 0 saturated heterocycles. The number of methoxy groups -OCH3 is 2. The monoisotopic (exact) mass is 247 g/mol. The predicted molar refractivity (Wildman–Crippen MR) is 66.3 cm³/mol. The quantitative estimate of drug-likeness (QED) is 0.664. The fraction of sp³-hybridized carbons (Fsp3) is 0.917. The van der Waals surface area contributed by atoms with Crippen molar-refractivity contribution in [2.24, 2.45) is 0 Å². The molecule has 0 saturated carbocycles. The molecular formula is C12H25NO4. The third kappa shape index (κ3) is 4.26. The maximum Gasteiger partial charge on any atom is 0.326 e. The molecule has 1 N–H and O–H groups in total. The third-order valence-corrected chi connectivity index (χ3v) is 3.18. The molecule has 0 amide bonds. The number of carboxylic acid groups (broad SMARTS) is 1. The van der Waals surface area contributed by atoms with E-state index in [4.69, 9.17) is 9.47 Å². The molecule has 0 aromatic rings. The van der Waals surface area contributed by atoms with Gasteiger partial charge in [0.05, 0.1) is 13.2 Å². The molecule has 0 heterocycles. The number of ether oxygens (including phenoxy) is 2. The predicted octanol–water partition coefficient (Wildman–Crippen LogP) is 1.22. The van der Waals surface area contributed by atoms with Crippen LogP contribution in [-0.4, -0.2) is 61.5 Å². The van der Waals surface area contributed by atoms with Gasteiger partial charge in [0.25, 0.3) is 0 Å². The molecule has 5 nitrogen and oxygen atoms in total. The highest BCUT2D eigenvalue weighted by molar-refractivity contribution is 5.78. The molecule has 0 aromatic carbocycles. The zero-order chi connectivity index (χ0) is 13.5. The average Bonchev–Trinajstić information content (AvgIpc) is 2.29. The van der Waals surface area contributed by atoms with E-state index in [2.05, 4.69) is 0 Å². The summed E-state index contributed by atoms with van der Waals surface area (Å²) in [5, 5.41) is 9.42. The molecule has 0 fully saturated rings. The number of aliphatic carboxylic acids is 1. The van der Waals surface area contributed by atoms with E-state index in [-0.39, 0.29) is 12.6 Å². The van der Waals surface area contributed by atoms with Crippen molar-refractivity contribution in [1.29, 1.82) is 0 Å². The third-order valence-electron chi connectivity index (χ3n) is 3.18. The lowest BCUT2D eigenvalue weighted by Gasteiger charge is -2.41. The Kier molecular flexibility index (Phi) is 7.34. The SMILES string of the molecule is CCC(C)N(CCOC)C(C)(COC)C(=O)O. The summed E-state index contributed by atoms with van der Waals surface area (Å²) in [5.41, 5.74) is -1.01. The van der Waals surface area contributed by atoms with Gasteiger partial charge in [0, 0.05) is 26.8 Å². The molecule has 0 bridgehead atoms. The Hall–Kier alpha value is -0.650. The van der Waals surface area contributed by atoms with Gasteiger partial charge in [-0.15, -0.1) is 0 Å². The van der Waals surface area contributed by atoms with Crippen LogP contribution in [0.5, 0.6) is 0 Å². The summed E-state index contributed by atoms with van der Waals surface area (Å²) < 4.78 is 10.1. The molecule has 0 aliphatic rings. The van der Waals surface area contributed by atoms with E-state index in [1.54, 1.807) is 14.0 Å². The van der Waals surface area contributed by atoms with Crippen LogP contribution in [0.1, 0.15) is 27.2 Å². The number of carbonyl (C=O) groups is 1. The highest BCUT2D eigenvalue weighted by Crippen LogP contribution is 2.20. The van der Waals surface area contributed by atoms with Crippen molar-refractivity contribution in [2.45, 2.75) is 38.8 Å². The van der Waals surface area contributed by atoms with E-state index in [0.717, 1.165) is 6.42 Å². The zero-order valence-electron chi connectivity index (χ0n) is 11.5. The summed E-state index contributed by atoms with van der Waals surface area (Å²) >= 11 is 0. The normalized spacial score (nSPS) is 16.8. The van der Waals surface area contributed by atoms with E-state index in [1.165, 1.54) is 7.11 Å². The zero-order valence-corrected chi connectivity index (χ0v) is 11.5. The van der Waals surface area contributed by atoms with Gasteiger partial charge in [0.1, 0.15) is 5.54 Å². The van der Waals surface area contributed by atoms with Crippen LogP contribution in [0.3, 0.4) is 0 Å². The Morgan fingerprint density at radius 1 is 1.41 bits per heavy atom. The molecular weight excluding hydrogens is 222 g/mol. The van der Waals surface area contributed by atoms with Crippen LogP contribution in [-0.2, 0) is 14.3 Å². The second-order valence-electron chi connectivity index (χ2n) is 4.46. The van der Waals surface area contributed by atoms with Gasteiger partial charge in [-0.25, -0.2) is 0 Å². The van der Waals surface area contributed by atoms with Gasteiger partial charge in [0.15, 0.2) is 0 Å². The van der Waals surface area contributed by atoms with E-state index in [1.807, 2.05) is 18.7 Å². The maximum atomic E-state index is 11.5. The first-order chi connectivity index (χ1) is 7.93. The average molecular weight is 247 g/mol. The van der Waals surface area contributed by atoms with Crippen molar-refractivity contribution in [3.05, 3.63) is 0 Å². The number of carboxylic acids is 1. The van der Waals surface area contributed by atoms with Gasteiger partial charge in [-0.2, -0.15) is 0 Å². The summed E-state index contributed by atoms with van der Waals surface area (Å²) in [6.45, 7) is 7.01. The minimum absolute atomic E-state index is 0.163. The van der Waals surface area contributed by atoms with Crippen molar-refractivity contribution in [2.75, 3.05) is 34.0 Å². The van der Waals surface area contributed by atoms with Crippen molar-refractivity contribution < 1.29 is 19.4 Å². The summed E-state index contributed by atoms with van der Waals surface area (Å²) in [6.07, 6.45) is 0.885. The van der Waals surface area contributed by atoms with Crippen molar-refractivity contribution in [3.63, 3.8) is 0 Å². The first-order valence-corrected chi connectivity index (χ1v) is 5.92. The minimum Gasteiger partial charge on any atom is -0.480 e. The van der Waals surface area contributed by atoms with E-state index < -0.39 is 11.5 Å². The molecule has 5 heteroatoms. The van der Waals surface area contributed by atoms with Crippen LogP contribution >= 0.6 is 0 Å². The standard InChI is InChI=1S/C12H25NO4/c1-6-10(2)13(7-8-16-4)12(3,9-17-5)11(14)15/h10H,6-9H2,1-5H3,(H,14,15). The lowest BCUT2D eigenvalue weighted by molar-refractivity contribution is -0.157. The van der Waals surface area contributed by atoms with Gasteiger partial charge < -0.3 is 14.6 Å². The number of rotatable bonds is 9. The highest BCUT2D eigenvalue weighted by Gasteiger charge is 2.41. The summed E-state index contributed by atoms with van der Waals surface area (Å²) in [4.78, 5) is 13.4. The lowest BCUT2D eigenvalue weighted by atomic mass is 9.98. The topological polar surface area (TPSA) is 59.0 Å². The van der Waals surface area contributed by atoms with Gasteiger partial charge in [-0.1, -0.05) is 6.92 Å². The molecule has 0 radical (unpaired) electrons. The smallest absolute Gasteiger partial charge is 0.326 e. The fourth-order valence-corrected chi connectivity index (χ4v) is 1.91. The molecule has 0 spiro atoms.